The van der Waals surface area contributed by atoms with Crippen molar-refractivity contribution >= 4 is 10.9 Å². The zero-order chi connectivity index (χ0) is 16.5. The van der Waals surface area contributed by atoms with Crippen LogP contribution in [0.5, 0.6) is 0 Å². The van der Waals surface area contributed by atoms with Crippen molar-refractivity contribution in [1.29, 1.82) is 0 Å². The Morgan fingerprint density at radius 2 is 1.83 bits per heavy atom. The number of hydrogen-bond donors (Lipinski definition) is 1. The summed E-state index contributed by atoms with van der Waals surface area (Å²) in [5, 5.41) is 0.666. The molecule has 1 unspecified atom stereocenters. The molecule has 1 aliphatic carbocycles. The molecule has 1 saturated heterocycles. The summed E-state index contributed by atoms with van der Waals surface area (Å²) in [7, 11) is 0. The van der Waals surface area contributed by atoms with Crippen molar-refractivity contribution in [3.8, 4) is 0 Å². The average molecular weight is 326 g/mol. The summed E-state index contributed by atoms with van der Waals surface area (Å²) in [5.41, 5.74) is 0.750. The Labute approximate surface area is 142 Å². The van der Waals surface area contributed by atoms with Crippen molar-refractivity contribution < 1.29 is 0 Å². The van der Waals surface area contributed by atoms with Crippen LogP contribution in [-0.4, -0.2) is 52.0 Å². The third-order valence-corrected chi connectivity index (χ3v) is 5.76. The van der Waals surface area contributed by atoms with E-state index < -0.39 is 0 Å². The van der Waals surface area contributed by atoms with Gasteiger partial charge in [-0.3, -0.25) is 14.6 Å². The second-order valence-electron chi connectivity index (χ2n) is 7.15. The first-order valence-corrected chi connectivity index (χ1v) is 9.19. The lowest BCUT2D eigenvalue weighted by Crippen LogP contribution is -2.50. The number of aromatic nitrogens is 2. The first kappa shape index (κ1) is 15.8. The number of H-pyrrole nitrogens is 1. The number of para-hydroxylation sites is 1. The third kappa shape index (κ3) is 2.98. The maximum absolute atomic E-state index is 12.3. The normalized spacial score (nSPS) is 22.2. The van der Waals surface area contributed by atoms with Crippen molar-refractivity contribution in [2.75, 3.05) is 26.2 Å². The highest BCUT2D eigenvalue weighted by atomic mass is 16.1. The van der Waals surface area contributed by atoms with Crippen molar-refractivity contribution in [2.24, 2.45) is 0 Å². The van der Waals surface area contributed by atoms with E-state index in [2.05, 4.69) is 21.7 Å². The van der Waals surface area contributed by atoms with E-state index >= 15 is 0 Å². The van der Waals surface area contributed by atoms with Gasteiger partial charge in [0, 0.05) is 32.2 Å². The molecule has 2 aliphatic rings. The fraction of sp³-hybridized carbons (Fsp3) is 0.579. The Balaban J connectivity index is 1.48. The van der Waals surface area contributed by atoms with E-state index in [1.165, 1.54) is 25.7 Å². The quantitative estimate of drug-likeness (QED) is 0.942. The fourth-order valence-electron chi connectivity index (χ4n) is 4.23. The van der Waals surface area contributed by atoms with Crippen LogP contribution in [0.2, 0.25) is 0 Å². The molecule has 0 amide bonds. The smallest absolute Gasteiger partial charge is 0.258 e. The van der Waals surface area contributed by atoms with Crippen LogP contribution in [0.4, 0.5) is 0 Å². The van der Waals surface area contributed by atoms with Crippen molar-refractivity contribution in [3.63, 3.8) is 0 Å². The number of benzene rings is 1. The molecule has 4 rings (SSSR count). The number of nitrogens with one attached hydrogen (secondary N) is 1. The summed E-state index contributed by atoms with van der Waals surface area (Å²) in [5.74, 6) is 0.785. The van der Waals surface area contributed by atoms with Gasteiger partial charge in [-0.1, -0.05) is 25.0 Å². The molecule has 1 atom stereocenters. The molecule has 128 valence electrons. The Morgan fingerprint density at radius 1 is 1.12 bits per heavy atom. The molecule has 0 spiro atoms. The number of fused-ring (bicyclic) bond motifs is 1. The van der Waals surface area contributed by atoms with Gasteiger partial charge in [-0.15, -0.1) is 0 Å². The molecule has 24 heavy (non-hydrogen) atoms. The summed E-state index contributed by atoms with van der Waals surface area (Å²) >= 11 is 0. The number of piperazine rings is 1. The van der Waals surface area contributed by atoms with Gasteiger partial charge in [-0.25, -0.2) is 4.98 Å². The minimum absolute atomic E-state index is 0.0351. The molecule has 1 saturated carbocycles. The van der Waals surface area contributed by atoms with Gasteiger partial charge in [-0.05, 0) is 31.9 Å². The van der Waals surface area contributed by atoms with E-state index in [9.17, 15) is 4.79 Å². The van der Waals surface area contributed by atoms with Gasteiger partial charge in [0.2, 0.25) is 0 Å². The first-order chi connectivity index (χ1) is 11.7. The van der Waals surface area contributed by atoms with Crippen LogP contribution in [0, 0.1) is 0 Å². The van der Waals surface area contributed by atoms with Gasteiger partial charge in [-0.2, -0.15) is 0 Å². The summed E-state index contributed by atoms with van der Waals surface area (Å²) in [4.78, 5) is 25.1. The minimum Gasteiger partial charge on any atom is -0.309 e. The van der Waals surface area contributed by atoms with Crippen LogP contribution in [0.25, 0.3) is 10.9 Å². The zero-order valence-corrected chi connectivity index (χ0v) is 14.4. The Kier molecular flexibility index (Phi) is 4.37. The Morgan fingerprint density at radius 3 is 2.58 bits per heavy atom. The van der Waals surface area contributed by atoms with Gasteiger partial charge in [0.1, 0.15) is 5.82 Å². The molecular formula is C19H26N4O. The molecule has 5 heteroatoms. The summed E-state index contributed by atoms with van der Waals surface area (Å²) in [6.07, 6.45) is 5.53. The number of nitrogens with zero attached hydrogens (tertiary/aromatic N) is 3. The summed E-state index contributed by atoms with van der Waals surface area (Å²) < 4.78 is 0. The number of rotatable bonds is 3. The number of aromatic amines is 1. The van der Waals surface area contributed by atoms with Crippen molar-refractivity contribution in [3.05, 3.63) is 40.4 Å². The second-order valence-corrected chi connectivity index (χ2v) is 7.15. The molecule has 1 aromatic heterocycles. The molecule has 1 aromatic carbocycles. The standard InChI is InChI=1S/C19H26N4O/c1-14(18-20-17-9-5-4-8-16(17)19(24)21-18)22-10-12-23(13-11-22)15-6-2-3-7-15/h4-5,8-9,14-15H,2-3,6-7,10-13H2,1H3,(H,20,21,24). The average Bonchev–Trinajstić information content (AvgIpc) is 3.16. The van der Waals surface area contributed by atoms with Gasteiger partial charge in [0.25, 0.3) is 5.56 Å². The minimum atomic E-state index is -0.0351. The zero-order valence-electron chi connectivity index (χ0n) is 14.4. The van der Waals surface area contributed by atoms with Crippen LogP contribution >= 0.6 is 0 Å². The second kappa shape index (κ2) is 6.65. The predicted octanol–water partition coefficient (Wildman–Crippen LogP) is 2.54. The third-order valence-electron chi connectivity index (χ3n) is 5.76. The van der Waals surface area contributed by atoms with E-state index in [4.69, 9.17) is 4.98 Å². The van der Waals surface area contributed by atoms with Crippen LogP contribution in [0.3, 0.4) is 0 Å². The van der Waals surface area contributed by atoms with Crippen LogP contribution in [-0.2, 0) is 0 Å². The molecule has 0 bridgehead atoms. The maximum Gasteiger partial charge on any atom is 0.258 e. The molecule has 5 nitrogen and oxygen atoms in total. The van der Waals surface area contributed by atoms with Crippen LogP contribution in [0.1, 0.15) is 44.5 Å². The summed E-state index contributed by atoms with van der Waals surface area (Å²) in [6, 6.07) is 8.51. The number of hydrogen-bond acceptors (Lipinski definition) is 4. The molecule has 1 aliphatic heterocycles. The van der Waals surface area contributed by atoms with E-state index in [0.717, 1.165) is 43.6 Å². The highest BCUT2D eigenvalue weighted by Crippen LogP contribution is 2.26. The highest BCUT2D eigenvalue weighted by Gasteiger charge is 2.28. The van der Waals surface area contributed by atoms with Gasteiger partial charge >= 0.3 is 0 Å². The lowest BCUT2D eigenvalue weighted by molar-refractivity contribution is 0.0727. The molecule has 1 N–H and O–H groups in total. The van der Waals surface area contributed by atoms with Crippen LogP contribution in [0.15, 0.2) is 29.1 Å². The van der Waals surface area contributed by atoms with Gasteiger partial charge in [0.15, 0.2) is 0 Å². The van der Waals surface area contributed by atoms with Crippen molar-refractivity contribution in [2.45, 2.75) is 44.7 Å². The van der Waals surface area contributed by atoms with Gasteiger partial charge < -0.3 is 4.98 Å². The Bertz CT molecular complexity index is 757. The molecular weight excluding hydrogens is 300 g/mol. The molecule has 2 aromatic rings. The van der Waals surface area contributed by atoms with E-state index in [0.29, 0.717) is 5.39 Å². The van der Waals surface area contributed by atoms with E-state index in [1.54, 1.807) is 0 Å². The maximum atomic E-state index is 12.3. The largest absolute Gasteiger partial charge is 0.309 e. The highest BCUT2D eigenvalue weighted by molar-refractivity contribution is 5.77. The van der Waals surface area contributed by atoms with Crippen LogP contribution < -0.4 is 5.56 Å². The summed E-state index contributed by atoms with van der Waals surface area (Å²) in [6.45, 7) is 6.51. The monoisotopic (exact) mass is 326 g/mol. The SMILES string of the molecule is CC(c1nc2ccccc2c(=O)[nH]1)N1CCN(C2CCCC2)CC1. The fourth-order valence-corrected chi connectivity index (χ4v) is 4.23. The van der Waals surface area contributed by atoms with Gasteiger partial charge in [0.05, 0.1) is 16.9 Å². The lowest BCUT2D eigenvalue weighted by Gasteiger charge is -2.40. The molecule has 2 heterocycles. The van der Waals surface area contributed by atoms with Crippen molar-refractivity contribution in [1.82, 2.24) is 19.8 Å². The van der Waals surface area contributed by atoms with E-state index in [-0.39, 0.29) is 11.6 Å². The Hall–Kier alpha value is -1.72. The molecule has 2 fully saturated rings. The topological polar surface area (TPSA) is 52.2 Å². The predicted molar refractivity (Wildman–Crippen MR) is 96.2 cm³/mol. The van der Waals surface area contributed by atoms with E-state index in [1.807, 2.05) is 24.3 Å². The first-order valence-electron chi connectivity index (χ1n) is 9.19. The lowest BCUT2D eigenvalue weighted by atomic mass is 10.1. The molecule has 0 radical (unpaired) electrons.